The molecule has 0 N–H and O–H groups in total. The first-order valence-corrected chi connectivity index (χ1v) is 9.16. The average Bonchev–Trinajstić information content (AvgIpc) is 3.20. The standard InChI is InChI=1S/C12H17N5O3S2/c1-3-16-8-12(14-9(16)2)22(18,19)17-5-4-10(7-17)20-11-6-13-21-15-11/h6,8,10H,3-5,7H2,1-2H3. The van der Waals surface area contributed by atoms with Gasteiger partial charge in [-0.05, 0) is 20.3 Å². The molecule has 0 aliphatic carbocycles. The fourth-order valence-corrected chi connectivity index (χ4v) is 4.28. The molecule has 0 saturated carbocycles. The summed E-state index contributed by atoms with van der Waals surface area (Å²) in [5.74, 6) is 1.14. The summed E-state index contributed by atoms with van der Waals surface area (Å²) in [7, 11) is -3.57. The monoisotopic (exact) mass is 343 g/mol. The van der Waals surface area contributed by atoms with Crippen LogP contribution in [0.5, 0.6) is 5.88 Å². The van der Waals surface area contributed by atoms with E-state index in [1.54, 1.807) is 13.1 Å². The molecule has 0 radical (unpaired) electrons. The van der Waals surface area contributed by atoms with Crippen molar-refractivity contribution in [2.45, 2.75) is 37.9 Å². The van der Waals surface area contributed by atoms with Gasteiger partial charge in [-0.3, -0.25) is 0 Å². The number of sulfonamides is 1. The zero-order valence-electron chi connectivity index (χ0n) is 12.3. The largest absolute Gasteiger partial charge is 0.471 e. The fourth-order valence-electron chi connectivity index (χ4n) is 2.45. The highest BCUT2D eigenvalue weighted by atomic mass is 32.2. The van der Waals surface area contributed by atoms with Gasteiger partial charge in [0.15, 0.2) is 5.03 Å². The van der Waals surface area contributed by atoms with Gasteiger partial charge < -0.3 is 9.30 Å². The fraction of sp³-hybridized carbons (Fsp3) is 0.583. The Morgan fingerprint density at radius 1 is 1.50 bits per heavy atom. The van der Waals surface area contributed by atoms with Crippen molar-refractivity contribution in [3.05, 3.63) is 18.2 Å². The van der Waals surface area contributed by atoms with Gasteiger partial charge in [-0.1, -0.05) is 0 Å². The van der Waals surface area contributed by atoms with Crippen LogP contribution in [0.2, 0.25) is 0 Å². The molecule has 1 aliphatic heterocycles. The maximum absolute atomic E-state index is 12.6. The van der Waals surface area contributed by atoms with Gasteiger partial charge in [0, 0.05) is 19.3 Å². The second-order valence-electron chi connectivity index (χ2n) is 5.05. The molecular weight excluding hydrogens is 326 g/mol. The van der Waals surface area contributed by atoms with E-state index in [1.165, 1.54) is 10.5 Å². The lowest BCUT2D eigenvalue weighted by Crippen LogP contribution is -2.31. The van der Waals surface area contributed by atoms with Crippen LogP contribution in [0, 0.1) is 6.92 Å². The Balaban J connectivity index is 1.73. The third-order valence-electron chi connectivity index (χ3n) is 3.64. The van der Waals surface area contributed by atoms with Gasteiger partial charge >= 0.3 is 0 Å². The van der Waals surface area contributed by atoms with Crippen LogP contribution < -0.4 is 4.74 Å². The average molecular weight is 343 g/mol. The van der Waals surface area contributed by atoms with Crippen molar-refractivity contribution < 1.29 is 13.2 Å². The summed E-state index contributed by atoms with van der Waals surface area (Å²) >= 11 is 1.06. The van der Waals surface area contributed by atoms with Crippen LogP contribution in [-0.2, 0) is 16.6 Å². The number of aryl methyl sites for hydroxylation is 2. The number of rotatable bonds is 5. The summed E-state index contributed by atoms with van der Waals surface area (Å²) in [6, 6.07) is 0. The zero-order chi connectivity index (χ0) is 15.7. The Kier molecular flexibility index (Phi) is 4.15. The predicted octanol–water partition coefficient (Wildman–Crippen LogP) is 0.905. The van der Waals surface area contributed by atoms with E-state index in [9.17, 15) is 8.42 Å². The van der Waals surface area contributed by atoms with Crippen LogP contribution in [0.4, 0.5) is 0 Å². The van der Waals surface area contributed by atoms with Crippen molar-refractivity contribution in [3.8, 4) is 5.88 Å². The maximum atomic E-state index is 12.6. The lowest BCUT2D eigenvalue weighted by Gasteiger charge is -2.14. The predicted molar refractivity (Wildman–Crippen MR) is 80.3 cm³/mol. The second kappa shape index (κ2) is 5.94. The molecule has 1 fully saturated rings. The number of nitrogens with zero attached hydrogens (tertiary/aromatic N) is 5. The van der Waals surface area contributed by atoms with Crippen LogP contribution in [-0.4, -0.2) is 50.2 Å². The van der Waals surface area contributed by atoms with Crippen molar-refractivity contribution in [3.63, 3.8) is 0 Å². The summed E-state index contributed by atoms with van der Waals surface area (Å²) in [5.41, 5.74) is 0. The minimum Gasteiger partial charge on any atom is -0.471 e. The number of aromatic nitrogens is 4. The molecule has 0 amide bonds. The number of hydrogen-bond donors (Lipinski definition) is 0. The molecule has 1 unspecified atom stereocenters. The Morgan fingerprint density at radius 3 is 2.95 bits per heavy atom. The van der Waals surface area contributed by atoms with Crippen molar-refractivity contribution in [2.75, 3.05) is 13.1 Å². The lowest BCUT2D eigenvalue weighted by atomic mass is 10.3. The first-order chi connectivity index (χ1) is 10.5. The molecular formula is C12H17N5O3S2. The number of imidazole rings is 1. The van der Waals surface area contributed by atoms with Crippen LogP contribution in [0.3, 0.4) is 0 Å². The molecule has 3 heterocycles. The first kappa shape index (κ1) is 15.4. The molecule has 2 aromatic heterocycles. The highest BCUT2D eigenvalue weighted by molar-refractivity contribution is 7.89. The van der Waals surface area contributed by atoms with Crippen molar-refractivity contribution in [2.24, 2.45) is 0 Å². The molecule has 120 valence electrons. The third kappa shape index (κ3) is 2.85. The maximum Gasteiger partial charge on any atom is 0.262 e. The normalized spacial score (nSPS) is 19.6. The van der Waals surface area contributed by atoms with E-state index in [1.807, 2.05) is 11.5 Å². The molecule has 10 heteroatoms. The minimum absolute atomic E-state index is 0.0998. The summed E-state index contributed by atoms with van der Waals surface area (Å²) in [6.07, 6.45) is 3.55. The molecule has 1 saturated heterocycles. The van der Waals surface area contributed by atoms with Gasteiger partial charge in [0.25, 0.3) is 10.0 Å². The SMILES string of the molecule is CCn1cc(S(=O)(=O)N2CCC(Oc3cnsn3)C2)nc1C. The van der Waals surface area contributed by atoms with Gasteiger partial charge in [0.05, 0.1) is 18.3 Å². The molecule has 1 atom stereocenters. The van der Waals surface area contributed by atoms with Crippen molar-refractivity contribution in [1.29, 1.82) is 0 Å². The zero-order valence-corrected chi connectivity index (χ0v) is 14.0. The molecule has 8 nitrogen and oxygen atoms in total. The smallest absolute Gasteiger partial charge is 0.262 e. The molecule has 0 spiro atoms. The summed E-state index contributed by atoms with van der Waals surface area (Å²) < 4.78 is 42.0. The van der Waals surface area contributed by atoms with Gasteiger partial charge in [-0.2, -0.15) is 8.68 Å². The summed E-state index contributed by atoms with van der Waals surface area (Å²) in [4.78, 5) is 4.17. The highest BCUT2D eigenvalue weighted by Gasteiger charge is 2.35. The second-order valence-corrected chi connectivity index (χ2v) is 7.49. The van der Waals surface area contributed by atoms with Crippen LogP contribution >= 0.6 is 11.7 Å². The third-order valence-corrected chi connectivity index (χ3v) is 5.83. The molecule has 1 aliphatic rings. The molecule has 2 aromatic rings. The first-order valence-electron chi connectivity index (χ1n) is 6.99. The highest BCUT2D eigenvalue weighted by Crippen LogP contribution is 2.23. The number of ether oxygens (including phenoxy) is 1. The van der Waals surface area contributed by atoms with Crippen molar-refractivity contribution in [1.82, 2.24) is 22.6 Å². The lowest BCUT2D eigenvalue weighted by molar-refractivity contribution is 0.208. The Labute approximate surface area is 133 Å². The van der Waals surface area contributed by atoms with Crippen LogP contribution in [0.15, 0.2) is 17.4 Å². The van der Waals surface area contributed by atoms with Gasteiger partial charge in [0.2, 0.25) is 5.88 Å². The van der Waals surface area contributed by atoms with E-state index in [4.69, 9.17) is 4.74 Å². The van der Waals surface area contributed by atoms with E-state index in [0.717, 1.165) is 11.7 Å². The van der Waals surface area contributed by atoms with Gasteiger partial charge in [-0.25, -0.2) is 13.4 Å². The topological polar surface area (TPSA) is 90.2 Å². The molecule has 0 bridgehead atoms. The molecule has 22 heavy (non-hydrogen) atoms. The van der Waals surface area contributed by atoms with E-state index < -0.39 is 10.0 Å². The van der Waals surface area contributed by atoms with Crippen LogP contribution in [0.25, 0.3) is 0 Å². The van der Waals surface area contributed by atoms with Crippen molar-refractivity contribution >= 4 is 21.8 Å². The van der Waals surface area contributed by atoms with Gasteiger partial charge in [0.1, 0.15) is 18.1 Å². The van der Waals surface area contributed by atoms with E-state index in [-0.39, 0.29) is 11.1 Å². The minimum atomic E-state index is -3.57. The molecule has 0 aromatic carbocycles. The van der Waals surface area contributed by atoms with Crippen LogP contribution in [0.1, 0.15) is 19.2 Å². The van der Waals surface area contributed by atoms with Gasteiger partial charge in [-0.15, -0.1) is 4.37 Å². The summed E-state index contributed by atoms with van der Waals surface area (Å²) in [5, 5.41) is 0.0998. The Morgan fingerprint density at radius 2 is 2.32 bits per heavy atom. The molecule has 3 rings (SSSR count). The number of hydrogen-bond acceptors (Lipinski definition) is 7. The Hall–Kier alpha value is -1.52. The Bertz CT molecular complexity index is 741. The van der Waals surface area contributed by atoms with E-state index >= 15 is 0 Å². The van der Waals surface area contributed by atoms with E-state index in [2.05, 4.69) is 13.7 Å². The summed E-state index contributed by atoms with van der Waals surface area (Å²) in [6.45, 7) is 5.16. The quantitative estimate of drug-likeness (QED) is 0.801. The van der Waals surface area contributed by atoms with E-state index in [0.29, 0.717) is 37.8 Å².